The first kappa shape index (κ1) is 22.9. The Kier molecular flexibility index (Phi) is 6.18. The first-order chi connectivity index (χ1) is 13.1. The Morgan fingerprint density at radius 3 is 1.97 bits per heavy atom. The summed E-state index contributed by atoms with van der Waals surface area (Å²) in [6.45, 7) is 14.0. The lowest BCUT2D eigenvalue weighted by atomic mass is 10.1. The first-order valence-electron chi connectivity index (χ1n) is 9.44. The van der Waals surface area contributed by atoms with E-state index in [1.54, 1.807) is 45.0 Å². The predicted molar refractivity (Wildman–Crippen MR) is 112 cm³/mol. The van der Waals surface area contributed by atoms with Crippen LogP contribution in [0.1, 0.15) is 62.3 Å². The molecule has 1 heterocycles. The van der Waals surface area contributed by atoms with Crippen LogP contribution in [0.25, 0.3) is 0 Å². The zero-order valence-electron chi connectivity index (χ0n) is 17.9. The molecule has 0 unspecified atom stereocenters. The molecule has 1 aliphatic heterocycles. The Bertz CT molecular complexity index is 888. The summed E-state index contributed by atoms with van der Waals surface area (Å²) in [6, 6.07) is 5.78. The number of benzene rings is 1. The third-order valence-corrected chi connectivity index (χ3v) is 7.14. The van der Waals surface area contributed by atoms with E-state index in [1.165, 1.54) is 0 Å². The molecule has 1 atom stereocenters. The van der Waals surface area contributed by atoms with Crippen molar-refractivity contribution in [1.29, 1.82) is 0 Å². The van der Waals surface area contributed by atoms with Crippen molar-refractivity contribution in [2.24, 2.45) is 0 Å². The lowest BCUT2D eigenvalue weighted by Gasteiger charge is -2.30. The Morgan fingerprint density at radius 1 is 1.07 bits per heavy atom. The van der Waals surface area contributed by atoms with Gasteiger partial charge in [-0.15, -0.1) is 0 Å². The number of carbonyl (C=O) groups excluding carboxylic acids is 2. The number of carbonyl (C=O) groups is 2. The van der Waals surface area contributed by atoms with Crippen LogP contribution in [-0.2, 0) is 14.6 Å². The molecule has 1 aromatic rings. The molecule has 0 fully saturated rings. The molecule has 1 N–H and O–H groups in total. The van der Waals surface area contributed by atoms with Gasteiger partial charge in [-0.2, -0.15) is 0 Å². The van der Waals surface area contributed by atoms with E-state index >= 15 is 0 Å². The maximum absolute atomic E-state index is 12.8. The van der Waals surface area contributed by atoms with Gasteiger partial charge in [-0.1, -0.05) is 12.1 Å². The van der Waals surface area contributed by atoms with Gasteiger partial charge in [0, 0.05) is 0 Å². The summed E-state index contributed by atoms with van der Waals surface area (Å²) in [5.41, 5.74) is 0.104. The standard InChI is InChI=1S/C21H30N2O5S/c1-14(28-20(2,3)4)22-15(13-29(26,27)21(5,6)7)12-23-18(24)16-10-8-9-11-17(16)19(23)25/h8-11,15,22H,1,12-13H2,2-7H3/t15-/m0/s1. The maximum atomic E-state index is 12.8. The minimum absolute atomic E-state index is 0.117. The van der Waals surface area contributed by atoms with E-state index in [0.717, 1.165) is 4.90 Å². The fraction of sp³-hybridized carbons (Fsp3) is 0.524. The lowest BCUT2D eigenvalue weighted by molar-refractivity contribution is 0.0366. The Morgan fingerprint density at radius 2 is 1.55 bits per heavy atom. The summed E-state index contributed by atoms with van der Waals surface area (Å²) in [5, 5.41) is 2.95. The lowest BCUT2D eigenvalue weighted by Crippen LogP contribution is -2.49. The zero-order valence-corrected chi connectivity index (χ0v) is 18.7. The average Bonchev–Trinajstić information content (AvgIpc) is 2.77. The Labute approximate surface area is 173 Å². The molecule has 0 radical (unpaired) electrons. The van der Waals surface area contributed by atoms with Gasteiger partial charge in [0.15, 0.2) is 15.7 Å². The van der Waals surface area contributed by atoms with E-state index in [9.17, 15) is 18.0 Å². The van der Waals surface area contributed by atoms with Crippen molar-refractivity contribution < 1.29 is 22.7 Å². The molecule has 29 heavy (non-hydrogen) atoms. The van der Waals surface area contributed by atoms with Gasteiger partial charge >= 0.3 is 0 Å². The highest BCUT2D eigenvalue weighted by Gasteiger charge is 2.39. The van der Waals surface area contributed by atoms with Crippen LogP contribution in [0.2, 0.25) is 0 Å². The van der Waals surface area contributed by atoms with Crippen molar-refractivity contribution in [1.82, 2.24) is 10.2 Å². The molecule has 1 aromatic carbocycles. The highest BCUT2D eigenvalue weighted by atomic mass is 32.2. The van der Waals surface area contributed by atoms with Crippen molar-refractivity contribution >= 4 is 21.7 Å². The third-order valence-electron chi connectivity index (χ3n) is 4.43. The van der Waals surface area contributed by atoms with Crippen LogP contribution in [0.15, 0.2) is 36.7 Å². The summed E-state index contributed by atoms with van der Waals surface area (Å²) in [5.74, 6) is -0.972. The summed E-state index contributed by atoms with van der Waals surface area (Å²) in [4.78, 5) is 26.5. The van der Waals surface area contributed by atoms with E-state index in [2.05, 4.69) is 11.9 Å². The van der Waals surface area contributed by atoms with Gasteiger partial charge in [-0.25, -0.2) is 8.42 Å². The van der Waals surface area contributed by atoms with Crippen molar-refractivity contribution in [3.8, 4) is 0 Å². The molecule has 7 nitrogen and oxygen atoms in total. The van der Waals surface area contributed by atoms with Gasteiger partial charge < -0.3 is 10.1 Å². The molecular weight excluding hydrogens is 392 g/mol. The number of imide groups is 1. The van der Waals surface area contributed by atoms with Gasteiger partial charge in [0.2, 0.25) is 0 Å². The number of nitrogens with zero attached hydrogens (tertiary/aromatic N) is 1. The van der Waals surface area contributed by atoms with Gasteiger partial charge in [-0.05, 0) is 60.3 Å². The monoisotopic (exact) mass is 422 g/mol. The largest absolute Gasteiger partial charge is 0.474 e. The topological polar surface area (TPSA) is 92.8 Å². The second kappa shape index (κ2) is 7.82. The molecule has 8 heteroatoms. The number of sulfone groups is 1. The SMILES string of the molecule is C=C(N[C@@H](CN1C(=O)c2ccccc2C1=O)CS(=O)(=O)C(C)(C)C)OC(C)(C)C. The number of amides is 2. The molecule has 0 aromatic heterocycles. The molecule has 0 spiro atoms. The minimum Gasteiger partial charge on any atom is -0.474 e. The molecule has 2 amide bonds. The van der Waals surface area contributed by atoms with Crippen molar-refractivity contribution in [3.05, 3.63) is 47.9 Å². The van der Waals surface area contributed by atoms with Crippen molar-refractivity contribution in [3.63, 3.8) is 0 Å². The fourth-order valence-electron chi connectivity index (χ4n) is 2.91. The number of hydrogen-bond acceptors (Lipinski definition) is 6. The Hall–Kier alpha value is -2.35. The van der Waals surface area contributed by atoms with Crippen LogP contribution in [0.3, 0.4) is 0 Å². The average molecular weight is 423 g/mol. The van der Waals surface area contributed by atoms with Crippen LogP contribution in [0.4, 0.5) is 0 Å². The quantitative estimate of drug-likeness (QED) is 0.537. The number of fused-ring (bicyclic) bond motifs is 1. The van der Waals surface area contributed by atoms with E-state index in [1.807, 2.05) is 20.8 Å². The van der Waals surface area contributed by atoms with Crippen molar-refractivity contribution in [2.75, 3.05) is 12.3 Å². The molecule has 0 saturated carbocycles. The van der Waals surface area contributed by atoms with E-state index < -0.39 is 38.0 Å². The maximum Gasteiger partial charge on any atom is 0.261 e. The van der Waals surface area contributed by atoms with Crippen LogP contribution in [-0.4, -0.2) is 53.8 Å². The molecular formula is C21H30N2O5S. The number of nitrogens with one attached hydrogen (secondary N) is 1. The summed E-state index contributed by atoms with van der Waals surface area (Å²) < 4.78 is 30.2. The van der Waals surface area contributed by atoms with Gasteiger partial charge in [0.1, 0.15) is 5.60 Å². The van der Waals surface area contributed by atoms with Gasteiger partial charge in [0.05, 0.1) is 34.2 Å². The molecule has 160 valence electrons. The number of rotatable bonds is 7. The highest BCUT2D eigenvalue weighted by Crippen LogP contribution is 2.24. The second-order valence-electron chi connectivity index (χ2n) is 9.14. The predicted octanol–water partition coefficient (Wildman–Crippen LogP) is 2.74. The molecule has 1 aliphatic rings. The number of hydrogen-bond donors (Lipinski definition) is 1. The zero-order chi connectivity index (χ0) is 22.2. The minimum atomic E-state index is -3.54. The Balaban J connectivity index is 2.27. The first-order valence-corrected chi connectivity index (χ1v) is 11.1. The highest BCUT2D eigenvalue weighted by molar-refractivity contribution is 7.92. The third kappa shape index (κ3) is 5.38. The van der Waals surface area contributed by atoms with Crippen LogP contribution in [0.5, 0.6) is 0 Å². The smallest absolute Gasteiger partial charge is 0.261 e. The van der Waals surface area contributed by atoms with Crippen LogP contribution in [0, 0.1) is 0 Å². The summed E-state index contributed by atoms with van der Waals surface area (Å²) in [7, 11) is -3.54. The molecule has 0 saturated heterocycles. The van der Waals surface area contributed by atoms with Gasteiger partial charge in [0.25, 0.3) is 11.8 Å². The van der Waals surface area contributed by atoms with Crippen LogP contribution >= 0.6 is 0 Å². The second-order valence-corrected chi connectivity index (χ2v) is 11.9. The molecule has 0 aliphatic carbocycles. The fourth-order valence-corrected chi connectivity index (χ4v) is 4.13. The summed E-state index contributed by atoms with van der Waals surface area (Å²) in [6.07, 6.45) is 0. The normalized spacial score (nSPS) is 15.9. The van der Waals surface area contributed by atoms with E-state index in [0.29, 0.717) is 11.1 Å². The van der Waals surface area contributed by atoms with Crippen LogP contribution < -0.4 is 5.32 Å². The summed E-state index contributed by atoms with van der Waals surface area (Å²) >= 11 is 0. The van der Waals surface area contributed by atoms with Gasteiger partial charge in [-0.3, -0.25) is 14.5 Å². The van der Waals surface area contributed by atoms with E-state index in [4.69, 9.17) is 4.74 Å². The molecule has 2 rings (SSSR count). The molecule has 0 bridgehead atoms. The van der Waals surface area contributed by atoms with E-state index in [-0.39, 0.29) is 18.2 Å². The number of ether oxygens (including phenoxy) is 1. The van der Waals surface area contributed by atoms with Crippen molar-refractivity contribution in [2.45, 2.75) is 57.9 Å².